The average molecular weight is 838 g/mol. The number of rotatable bonds is 11. The Morgan fingerprint density at radius 1 is 0.672 bits per heavy atom. The summed E-state index contributed by atoms with van der Waals surface area (Å²) in [5.41, 5.74) is 6.32. The first-order valence-corrected chi connectivity index (χ1v) is 22.7. The van der Waals surface area contributed by atoms with Crippen LogP contribution in [0.25, 0.3) is 11.1 Å². The first-order valence-electron chi connectivity index (χ1n) is 22.3. The van der Waals surface area contributed by atoms with Crippen molar-refractivity contribution < 1.29 is 23.9 Å². The zero-order valence-electron chi connectivity index (χ0n) is 35.3. The van der Waals surface area contributed by atoms with Crippen molar-refractivity contribution in [3.8, 4) is 11.1 Å². The van der Waals surface area contributed by atoms with Gasteiger partial charge in [-0.05, 0) is 65.5 Å². The molecule has 1 unspecified atom stereocenters. The Kier molecular flexibility index (Phi) is 13.5. The van der Waals surface area contributed by atoms with Gasteiger partial charge in [0.25, 0.3) is 0 Å². The minimum atomic E-state index is -1.46. The number of fused-ring (bicyclic) bond motifs is 3. The fourth-order valence-electron chi connectivity index (χ4n) is 9.93. The molecule has 2 aliphatic carbocycles. The van der Waals surface area contributed by atoms with Crippen LogP contribution in [0.2, 0.25) is 5.02 Å². The van der Waals surface area contributed by atoms with E-state index in [9.17, 15) is 14.4 Å². The molecule has 0 radical (unpaired) electrons. The molecule has 3 aliphatic rings. The molecule has 2 amide bonds. The fourth-order valence-corrected chi connectivity index (χ4v) is 10.2. The highest BCUT2D eigenvalue weighted by molar-refractivity contribution is 6.31. The van der Waals surface area contributed by atoms with Crippen LogP contribution in [0.15, 0.2) is 127 Å². The van der Waals surface area contributed by atoms with Gasteiger partial charge < -0.3 is 14.4 Å². The second-order valence-electron chi connectivity index (χ2n) is 17.0. The van der Waals surface area contributed by atoms with Crippen molar-refractivity contribution in [2.75, 3.05) is 26.7 Å². The van der Waals surface area contributed by atoms with E-state index in [0.717, 1.165) is 59.1 Å². The summed E-state index contributed by atoms with van der Waals surface area (Å²) in [6, 6.07) is 40.8. The van der Waals surface area contributed by atoms with Crippen LogP contribution in [0.1, 0.15) is 122 Å². The molecule has 8 rings (SSSR count). The third kappa shape index (κ3) is 9.13. The van der Waals surface area contributed by atoms with Crippen molar-refractivity contribution in [3.63, 3.8) is 0 Å². The number of amides is 2. The minimum Gasteiger partial charge on any atom is -0.448 e. The molecule has 2 atom stereocenters. The van der Waals surface area contributed by atoms with E-state index in [4.69, 9.17) is 21.1 Å². The highest BCUT2D eigenvalue weighted by atomic mass is 35.5. The Labute approximate surface area is 366 Å². The van der Waals surface area contributed by atoms with Gasteiger partial charge in [-0.25, -0.2) is 4.79 Å². The van der Waals surface area contributed by atoms with E-state index in [1.54, 1.807) is 11.9 Å². The number of hydrogen-bond acceptors (Lipinski definition) is 5. The maximum atomic E-state index is 14.8. The summed E-state index contributed by atoms with van der Waals surface area (Å²) < 4.78 is 12.9. The number of esters is 1. The van der Waals surface area contributed by atoms with E-state index in [1.165, 1.54) is 55.4 Å². The molecule has 8 heteroatoms. The smallest absolute Gasteiger partial charge is 0.410 e. The number of halogens is 1. The van der Waals surface area contributed by atoms with Gasteiger partial charge in [0.2, 0.25) is 5.91 Å². The van der Waals surface area contributed by atoms with Gasteiger partial charge in [0.15, 0.2) is 5.60 Å². The van der Waals surface area contributed by atoms with Crippen LogP contribution in [-0.4, -0.2) is 60.6 Å². The van der Waals surface area contributed by atoms with E-state index in [1.807, 2.05) is 78.9 Å². The lowest BCUT2D eigenvalue weighted by molar-refractivity contribution is -0.157. The topological polar surface area (TPSA) is 76.1 Å². The minimum absolute atomic E-state index is 0.0900. The molecule has 2 fully saturated rings. The Morgan fingerprint density at radius 3 is 1.84 bits per heavy atom. The molecular weight excluding hydrogens is 780 g/mol. The van der Waals surface area contributed by atoms with Crippen molar-refractivity contribution in [1.82, 2.24) is 9.80 Å². The van der Waals surface area contributed by atoms with Gasteiger partial charge in [-0.3, -0.25) is 14.5 Å². The van der Waals surface area contributed by atoms with Crippen molar-refractivity contribution in [1.29, 1.82) is 0 Å². The molecule has 0 spiro atoms. The molecule has 0 N–H and O–H groups in total. The number of hydrogen-bond donors (Lipinski definition) is 0. The molecule has 1 saturated carbocycles. The fraction of sp³-hybridized carbons (Fsp3) is 0.377. The van der Waals surface area contributed by atoms with Crippen LogP contribution >= 0.6 is 11.6 Å². The summed E-state index contributed by atoms with van der Waals surface area (Å²) in [4.78, 5) is 46.3. The second kappa shape index (κ2) is 19.5. The molecule has 0 aromatic heterocycles. The van der Waals surface area contributed by atoms with E-state index >= 15 is 0 Å². The van der Waals surface area contributed by atoms with Crippen molar-refractivity contribution in [2.45, 2.75) is 101 Å². The van der Waals surface area contributed by atoms with Gasteiger partial charge in [-0.2, -0.15) is 0 Å². The Hall–Kier alpha value is -5.40. The third-order valence-corrected chi connectivity index (χ3v) is 13.6. The van der Waals surface area contributed by atoms with Gasteiger partial charge in [0, 0.05) is 47.8 Å². The number of benzene rings is 5. The summed E-state index contributed by atoms with van der Waals surface area (Å²) >= 11 is 7.07. The zero-order chi connectivity index (χ0) is 42.2. The number of carbonyl (C=O) groups is 3. The molecule has 5 aromatic carbocycles. The van der Waals surface area contributed by atoms with E-state index in [-0.39, 0.29) is 24.9 Å². The van der Waals surface area contributed by atoms with E-state index < -0.39 is 23.7 Å². The summed E-state index contributed by atoms with van der Waals surface area (Å²) in [7, 11) is 1.54. The monoisotopic (exact) mass is 836 g/mol. The van der Waals surface area contributed by atoms with Gasteiger partial charge in [-0.15, -0.1) is 0 Å². The maximum absolute atomic E-state index is 14.8. The van der Waals surface area contributed by atoms with Crippen molar-refractivity contribution >= 4 is 29.6 Å². The summed E-state index contributed by atoms with van der Waals surface area (Å²) in [6.45, 7) is 1.21. The summed E-state index contributed by atoms with van der Waals surface area (Å²) in [5, 5.41) is 0.441. The number of nitrogens with zero attached hydrogens (tertiary/aromatic N) is 2. The highest BCUT2D eigenvalue weighted by Crippen LogP contribution is 2.46. The predicted octanol–water partition coefficient (Wildman–Crippen LogP) is 12.0. The quantitative estimate of drug-likeness (QED) is 0.0978. The van der Waals surface area contributed by atoms with Crippen molar-refractivity contribution in [2.24, 2.45) is 0 Å². The number of ether oxygens (including phenoxy) is 2. The standard InChI is InChI=1S/C53H57ClN2O5/c1-55(52(59)60-37-46-44-26-14-12-24-42(44)43-25-13-15-27-45(43)46)49(51(58)56-34-18-19-35-56)36-50(57)61-53(40-22-10-7-11-23-40,47-28-16-17-29-48(47)54)41-32-30-39(31-33-41)38-20-8-5-3-2-4-6-9-21-38/h7,10-17,22-33,38,46,49H,2-6,8-9,18-21,34-37H2,1H3/t49-,53?/m0/s1. The van der Waals surface area contributed by atoms with Crippen LogP contribution in [0.4, 0.5) is 4.79 Å². The van der Waals surface area contributed by atoms with Crippen LogP contribution in [-0.2, 0) is 24.7 Å². The largest absolute Gasteiger partial charge is 0.448 e. The SMILES string of the molecule is CN(C(=O)OCC1c2ccccc2-c2ccccc21)[C@@H](CC(=O)OC(c1ccccc1)(c1ccc(C2CCCCCCCCC2)cc1)c1ccccc1Cl)C(=O)N1CCCC1. The van der Waals surface area contributed by atoms with Gasteiger partial charge in [0.1, 0.15) is 12.6 Å². The Bertz CT molecular complexity index is 2230. The summed E-state index contributed by atoms with van der Waals surface area (Å²) in [6.07, 6.45) is 11.9. The van der Waals surface area contributed by atoms with Crippen LogP contribution in [0.5, 0.6) is 0 Å². The average Bonchev–Trinajstić information content (AvgIpc) is 3.96. The second-order valence-corrected chi connectivity index (χ2v) is 17.4. The number of carbonyl (C=O) groups excluding carboxylic acids is 3. The number of likely N-dealkylation sites (N-methyl/N-ethyl adjacent to an activating group) is 1. The molecule has 7 nitrogen and oxygen atoms in total. The molecule has 1 saturated heterocycles. The lowest BCUT2D eigenvalue weighted by Crippen LogP contribution is -2.50. The molecule has 316 valence electrons. The molecule has 0 bridgehead atoms. The van der Waals surface area contributed by atoms with Gasteiger partial charge in [-0.1, -0.05) is 178 Å². The van der Waals surface area contributed by atoms with Crippen LogP contribution < -0.4 is 0 Å². The van der Waals surface area contributed by atoms with E-state index in [0.29, 0.717) is 29.6 Å². The normalized spacial score (nSPS) is 17.4. The Balaban J connectivity index is 1.10. The number of likely N-dealkylation sites (tertiary alicyclic amines) is 1. The molecule has 1 aliphatic heterocycles. The predicted molar refractivity (Wildman–Crippen MR) is 242 cm³/mol. The van der Waals surface area contributed by atoms with Crippen LogP contribution in [0, 0.1) is 0 Å². The Morgan fingerprint density at radius 2 is 1.21 bits per heavy atom. The lowest BCUT2D eigenvalue weighted by Gasteiger charge is -2.37. The zero-order valence-corrected chi connectivity index (χ0v) is 36.0. The van der Waals surface area contributed by atoms with Gasteiger partial charge in [0.05, 0.1) is 6.42 Å². The van der Waals surface area contributed by atoms with E-state index in [2.05, 4.69) is 48.5 Å². The highest BCUT2D eigenvalue weighted by Gasteiger charge is 2.44. The molecular formula is C53H57ClN2O5. The maximum Gasteiger partial charge on any atom is 0.410 e. The lowest BCUT2D eigenvalue weighted by atomic mass is 9.78. The molecule has 5 aromatic rings. The van der Waals surface area contributed by atoms with Crippen molar-refractivity contribution in [3.05, 3.63) is 166 Å². The van der Waals surface area contributed by atoms with Gasteiger partial charge >= 0.3 is 12.1 Å². The summed E-state index contributed by atoms with van der Waals surface area (Å²) in [5.74, 6) is -0.636. The first kappa shape index (κ1) is 42.3. The third-order valence-electron chi connectivity index (χ3n) is 13.2. The molecule has 61 heavy (non-hydrogen) atoms. The first-order chi connectivity index (χ1) is 29.8. The van der Waals surface area contributed by atoms with Crippen LogP contribution in [0.3, 0.4) is 0 Å². The molecule has 1 heterocycles.